The molecule has 4 heterocycles. The number of nitrogens with zero attached hydrogens (tertiary/aromatic N) is 4. The van der Waals surface area contributed by atoms with Crippen molar-refractivity contribution in [3.63, 3.8) is 0 Å². The van der Waals surface area contributed by atoms with Crippen LogP contribution in [0.15, 0.2) is 42.9 Å². The van der Waals surface area contributed by atoms with Crippen molar-refractivity contribution in [3.05, 3.63) is 54.0 Å². The number of halogens is 3. The van der Waals surface area contributed by atoms with Crippen molar-refractivity contribution < 1.29 is 27.4 Å². The van der Waals surface area contributed by atoms with Crippen molar-refractivity contribution in [2.45, 2.75) is 69.9 Å². The molecule has 0 radical (unpaired) electrons. The van der Waals surface area contributed by atoms with Crippen molar-refractivity contribution in [2.24, 2.45) is 0 Å². The zero-order valence-electron chi connectivity index (χ0n) is 26.9. The number of anilines is 3. The van der Waals surface area contributed by atoms with E-state index in [1.54, 1.807) is 6.33 Å². The molecular weight excluding hydrogens is 611 g/mol. The van der Waals surface area contributed by atoms with Gasteiger partial charge in [0.25, 0.3) is 0 Å². The third-order valence-electron chi connectivity index (χ3n) is 8.85. The molecule has 0 spiro atoms. The van der Waals surface area contributed by atoms with Gasteiger partial charge in [-0.2, -0.15) is 13.2 Å². The number of nitrogens with one attached hydrogen (secondary N) is 2. The molecule has 1 saturated carbocycles. The number of piperidine rings is 1. The van der Waals surface area contributed by atoms with Gasteiger partial charge in [-0.3, -0.25) is 4.79 Å². The first kappa shape index (κ1) is 32.4. The van der Waals surface area contributed by atoms with Crippen molar-refractivity contribution in [1.82, 2.24) is 19.4 Å². The summed E-state index contributed by atoms with van der Waals surface area (Å²) in [6.45, 7) is 5.86. The molecule has 0 atom stereocenters. The van der Waals surface area contributed by atoms with Crippen LogP contribution in [0.2, 0.25) is 0 Å². The Morgan fingerprint density at radius 2 is 1.83 bits per heavy atom. The first-order chi connectivity index (χ1) is 22.4. The van der Waals surface area contributed by atoms with Gasteiger partial charge >= 0.3 is 6.18 Å². The molecule has 2 aromatic heterocycles. The van der Waals surface area contributed by atoms with Gasteiger partial charge in [0.05, 0.1) is 16.6 Å². The molecule has 250 valence electrons. The lowest BCUT2D eigenvalue weighted by molar-refractivity contribution is -0.139. The second-order valence-corrected chi connectivity index (χ2v) is 13.0. The molecule has 2 aliphatic heterocycles. The number of hydrogen-bond acceptors (Lipinski definition) is 8. The standard InChI is InChI=1S/C20H23N5O.C14H17F3N2O2/c1-20(2)8-13-12(6-7-15(22-3)17(13)26-20)14-9-25(11-4-5-11)19-16(14)18(21)23-10-24-19;1-19-6-4-11(5-7-19)21-13-3-2-10(18-9-20)8-12(13)14(15,16)17/h6-7,9-11,22H,4-5,8H2,1-3H3,(H2,21,23,24);2-3,8-9,11H,4-7H2,1H3,(H,18,20). The normalized spacial score (nSPS) is 17.8. The Kier molecular flexibility index (Phi) is 8.68. The summed E-state index contributed by atoms with van der Waals surface area (Å²) in [5, 5.41) is 6.41. The zero-order valence-corrected chi connectivity index (χ0v) is 26.9. The Labute approximate surface area is 271 Å². The zero-order chi connectivity index (χ0) is 33.5. The summed E-state index contributed by atoms with van der Waals surface area (Å²) in [6.07, 6.45) is 4.00. The Bertz CT molecular complexity index is 1780. The van der Waals surface area contributed by atoms with Crippen LogP contribution < -0.4 is 25.8 Å². The Morgan fingerprint density at radius 3 is 2.49 bits per heavy atom. The molecule has 1 saturated heterocycles. The van der Waals surface area contributed by atoms with Crippen LogP contribution in [-0.4, -0.2) is 64.7 Å². The fraction of sp³-hybridized carbons (Fsp3) is 0.441. The largest absolute Gasteiger partial charge is 0.490 e. The highest BCUT2D eigenvalue weighted by molar-refractivity contribution is 6.02. The summed E-state index contributed by atoms with van der Waals surface area (Å²) >= 11 is 0. The van der Waals surface area contributed by atoms with Gasteiger partial charge in [0.15, 0.2) is 0 Å². The molecule has 1 amide bonds. The fourth-order valence-electron chi connectivity index (χ4n) is 6.35. The molecule has 4 aromatic rings. The van der Waals surface area contributed by atoms with E-state index in [1.165, 1.54) is 30.5 Å². The number of carbonyl (C=O) groups excluding carboxylic acids is 1. The predicted octanol–water partition coefficient (Wildman–Crippen LogP) is 6.52. The SMILES string of the molecule is CN1CCC(Oc2ccc(NC=O)cc2C(F)(F)F)CC1.CNc1ccc(-c2cn(C3CC3)c3ncnc(N)c23)c2c1OC(C)(C)C2. The second kappa shape index (κ2) is 12.6. The quantitative estimate of drug-likeness (QED) is 0.193. The van der Waals surface area contributed by atoms with Crippen molar-refractivity contribution in [2.75, 3.05) is 43.6 Å². The van der Waals surface area contributed by atoms with Crippen LogP contribution in [-0.2, 0) is 17.4 Å². The topological polar surface area (TPSA) is 120 Å². The molecule has 0 bridgehead atoms. The fourth-order valence-corrected chi connectivity index (χ4v) is 6.35. The first-order valence-electron chi connectivity index (χ1n) is 15.8. The number of ether oxygens (including phenoxy) is 2. The van der Waals surface area contributed by atoms with Gasteiger partial charge in [-0.25, -0.2) is 9.97 Å². The van der Waals surface area contributed by atoms with Crippen LogP contribution in [0.3, 0.4) is 0 Å². The van der Waals surface area contributed by atoms with Crippen LogP contribution >= 0.6 is 0 Å². The summed E-state index contributed by atoms with van der Waals surface area (Å²) in [4.78, 5) is 21.2. The van der Waals surface area contributed by atoms with E-state index in [0.29, 0.717) is 31.1 Å². The summed E-state index contributed by atoms with van der Waals surface area (Å²) in [5.41, 5.74) is 10.7. The van der Waals surface area contributed by atoms with E-state index >= 15 is 0 Å². The molecule has 2 fully saturated rings. The summed E-state index contributed by atoms with van der Waals surface area (Å²) in [5.74, 6) is 1.29. The van der Waals surface area contributed by atoms with Crippen LogP contribution in [0, 0.1) is 0 Å². The van der Waals surface area contributed by atoms with Crippen LogP contribution in [0.5, 0.6) is 11.5 Å². The highest BCUT2D eigenvalue weighted by Gasteiger charge is 2.37. The number of likely N-dealkylation sites (tertiary alicyclic amines) is 1. The molecule has 0 unspecified atom stereocenters. The van der Waals surface area contributed by atoms with Gasteiger partial charge in [0.1, 0.15) is 41.0 Å². The number of carbonyl (C=O) groups is 1. The van der Waals surface area contributed by atoms with E-state index in [0.717, 1.165) is 59.2 Å². The first-order valence-corrected chi connectivity index (χ1v) is 15.8. The van der Waals surface area contributed by atoms with Gasteiger partial charge in [0, 0.05) is 55.6 Å². The molecule has 1 aliphatic carbocycles. The summed E-state index contributed by atoms with van der Waals surface area (Å²) in [6, 6.07) is 8.31. The smallest absolute Gasteiger partial charge is 0.420 e. The number of fused-ring (bicyclic) bond motifs is 2. The number of amides is 1. The van der Waals surface area contributed by atoms with E-state index in [-0.39, 0.29) is 23.1 Å². The number of nitrogen functional groups attached to an aromatic ring is 1. The van der Waals surface area contributed by atoms with Crippen molar-refractivity contribution in [3.8, 4) is 22.6 Å². The molecule has 13 heteroatoms. The number of hydrogen-bond donors (Lipinski definition) is 3. The lowest BCUT2D eigenvalue weighted by Gasteiger charge is -2.30. The van der Waals surface area contributed by atoms with Crippen molar-refractivity contribution >= 4 is 34.6 Å². The molecule has 2 aromatic carbocycles. The number of aromatic nitrogens is 3. The van der Waals surface area contributed by atoms with Crippen LogP contribution in [0.4, 0.5) is 30.4 Å². The molecule has 47 heavy (non-hydrogen) atoms. The minimum atomic E-state index is -4.53. The van der Waals surface area contributed by atoms with E-state index in [2.05, 4.69) is 62.2 Å². The minimum Gasteiger partial charge on any atom is -0.490 e. The minimum absolute atomic E-state index is 0.0908. The monoisotopic (exact) mass is 651 g/mol. The maximum atomic E-state index is 13.1. The van der Waals surface area contributed by atoms with Crippen LogP contribution in [0.25, 0.3) is 22.2 Å². The summed E-state index contributed by atoms with van der Waals surface area (Å²) < 4.78 is 53.3. The van der Waals surface area contributed by atoms with Gasteiger partial charge in [0.2, 0.25) is 6.41 Å². The third kappa shape index (κ3) is 6.80. The van der Waals surface area contributed by atoms with Gasteiger partial charge in [-0.15, -0.1) is 0 Å². The van der Waals surface area contributed by atoms with E-state index in [9.17, 15) is 18.0 Å². The lowest BCUT2D eigenvalue weighted by atomic mass is 9.93. The average Bonchev–Trinajstić information content (AvgIpc) is 3.71. The number of nitrogens with two attached hydrogens (primary N) is 1. The van der Waals surface area contributed by atoms with Gasteiger partial charge in [-0.1, -0.05) is 6.07 Å². The molecule has 7 rings (SSSR count). The van der Waals surface area contributed by atoms with E-state index < -0.39 is 11.7 Å². The Morgan fingerprint density at radius 1 is 1.09 bits per heavy atom. The highest BCUT2D eigenvalue weighted by atomic mass is 19.4. The second-order valence-electron chi connectivity index (χ2n) is 13.0. The van der Waals surface area contributed by atoms with E-state index in [1.807, 2.05) is 14.1 Å². The maximum absolute atomic E-state index is 13.1. The number of rotatable bonds is 7. The maximum Gasteiger partial charge on any atom is 0.420 e. The van der Waals surface area contributed by atoms with Crippen molar-refractivity contribution in [1.29, 1.82) is 0 Å². The number of benzene rings is 2. The Hall–Kier alpha value is -4.52. The molecule has 10 nitrogen and oxygen atoms in total. The predicted molar refractivity (Wildman–Crippen MR) is 176 cm³/mol. The lowest BCUT2D eigenvalue weighted by Crippen LogP contribution is -2.36. The third-order valence-corrected chi connectivity index (χ3v) is 8.85. The Balaban J connectivity index is 0.000000169. The average molecular weight is 652 g/mol. The molecular formula is C34H40F3N7O3. The highest BCUT2D eigenvalue weighted by Crippen LogP contribution is 2.49. The van der Waals surface area contributed by atoms with Crippen LogP contribution in [0.1, 0.15) is 56.7 Å². The van der Waals surface area contributed by atoms with Gasteiger partial charge in [-0.05, 0) is 76.4 Å². The molecule has 4 N–H and O–H groups in total. The van der Waals surface area contributed by atoms with Gasteiger partial charge < -0.3 is 35.3 Å². The van der Waals surface area contributed by atoms with E-state index in [4.69, 9.17) is 15.2 Å². The summed E-state index contributed by atoms with van der Waals surface area (Å²) in [7, 11) is 3.89. The molecule has 3 aliphatic rings. The number of alkyl halides is 3.